The number of hydrogen-bond donors (Lipinski definition) is 1. The van der Waals surface area contributed by atoms with Crippen molar-refractivity contribution in [3.05, 3.63) is 35.8 Å². The molecule has 18 heavy (non-hydrogen) atoms. The lowest BCUT2D eigenvalue weighted by Crippen LogP contribution is -2.02. The second-order valence-corrected chi connectivity index (χ2v) is 4.51. The van der Waals surface area contributed by atoms with Gasteiger partial charge in [0.1, 0.15) is 17.4 Å². The first-order valence-corrected chi connectivity index (χ1v) is 5.81. The average Bonchev–Trinajstić information content (AvgIpc) is 2.68. The van der Waals surface area contributed by atoms with Gasteiger partial charge in [-0.1, -0.05) is 26.0 Å². The molecule has 0 fully saturated rings. The monoisotopic (exact) mass is 241 g/mol. The standard InChI is InChI=1S/C14H15N3O/c1-9(2)13(18)10(8-15)14-16-11-6-4-5-7-12(11)17(14)3/h4-7,9,18H,1-3H3/b13-10-. The number of para-hydroxylation sites is 2. The number of allylic oxidation sites excluding steroid dienone is 2. The Kier molecular flexibility index (Phi) is 3.07. The van der Waals surface area contributed by atoms with Gasteiger partial charge >= 0.3 is 0 Å². The molecule has 1 N–H and O–H groups in total. The van der Waals surface area contributed by atoms with Gasteiger partial charge in [0.2, 0.25) is 0 Å². The Hall–Kier alpha value is -2.28. The molecule has 0 aliphatic carbocycles. The minimum Gasteiger partial charge on any atom is -0.511 e. The summed E-state index contributed by atoms with van der Waals surface area (Å²) in [5, 5.41) is 19.2. The Labute approximate surface area is 106 Å². The van der Waals surface area contributed by atoms with Crippen molar-refractivity contribution >= 4 is 16.6 Å². The van der Waals surface area contributed by atoms with Crippen molar-refractivity contribution < 1.29 is 5.11 Å². The van der Waals surface area contributed by atoms with Gasteiger partial charge in [0, 0.05) is 13.0 Å². The van der Waals surface area contributed by atoms with Crippen molar-refractivity contribution in [1.29, 1.82) is 5.26 Å². The molecule has 0 unspecified atom stereocenters. The van der Waals surface area contributed by atoms with E-state index in [0.29, 0.717) is 5.82 Å². The van der Waals surface area contributed by atoms with E-state index in [2.05, 4.69) is 4.98 Å². The summed E-state index contributed by atoms with van der Waals surface area (Å²) in [6.07, 6.45) is 0. The molecule has 92 valence electrons. The Bertz CT molecular complexity index is 659. The fraction of sp³-hybridized carbons (Fsp3) is 0.286. The summed E-state index contributed by atoms with van der Waals surface area (Å²) in [4.78, 5) is 4.41. The van der Waals surface area contributed by atoms with Crippen molar-refractivity contribution in [2.45, 2.75) is 13.8 Å². The minimum atomic E-state index is -0.0977. The van der Waals surface area contributed by atoms with Crippen LogP contribution in [0.5, 0.6) is 0 Å². The number of aromatic nitrogens is 2. The van der Waals surface area contributed by atoms with E-state index in [-0.39, 0.29) is 17.3 Å². The summed E-state index contributed by atoms with van der Waals surface area (Å²) in [7, 11) is 1.84. The number of benzene rings is 1. The maximum Gasteiger partial charge on any atom is 0.155 e. The molecule has 2 rings (SSSR count). The average molecular weight is 241 g/mol. The molecule has 1 heterocycles. The van der Waals surface area contributed by atoms with E-state index >= 15 is 0 Å². The highest BCUT2D eigenvalue weighted by molar-refractivity contribution is 5.83. The van der Waals surface area contributed by atoms with Crippen molar-refractivity contribution in [3.8, 4) is 6.07 Å². The molecular formula is C14H15N3O. The molecule has 0 atom stereocenters. The third kappa shape index (κ3) is 1.84. The number of rotatable bonds is 2. The molecule has 0 bridgehead atoms. The van der Waals surface area contributed by atoms with E-state index in [0.717, 1.165) is 11.0 Å². The smallest absolute Gasteiger partial charge is 0.155 e. The second kappa shape index (κ2) is 4.53. The number of hydrogen-bond acceptors (Lipinski definition) is 3. The largest absolute Gasteiger partial charge is 0.511 e. The van der Waals surface area contributed by atoms with Gasteiger partial charge in [-0.05, 0) is 12.1 Å². The molecule has 0 aliphatic heterocycles. The van der Waals surface area contributed by atoms with Gasteiger partial charge in [-0.15, -0.1) is 0 Å². The Morgan fingerprint density at radius 2 is 2.06 bits per heavy atom. The molecule has 1 aromatic heterocycles. The SMILES string of the molecule is CC(C)/C(O)=C(\C#N)c1nc2ccccc2n1C. The highest BCUT2D eigenvalue weighted by atomic mass is 16.3. The number of fused-ring (bicyclic) bond motifs is 1. The lowest BCUT2D eigenvalue weighted by Gasteiger charge is -2.07. The Balaban J connectivity index is 2.72. The van der Waals surface area contributed by atoms with Crippen LogP contribution in [0.1, 0.15) is 19.7 Å². The van der Waals surface area contributed by atoms with Crippen LogP contribution in [0.15, 0.2) is 30.0 Å². The van der Waals surface area contributed by atoms with Crippen molar-refractivity contribution in [1.82, 2.24) is 9.55 Å². The number of aliphatic hydroxyl groups excluding tert-OH is 1. The predicted molar refractivity (Wildman–Crippen MR) is 70.7 cm³/mol. The van der Waals surface area contributed by atoms with Crippen LogP contribution in [0.3, 0.4) is 0 Å². The van der Waals surface area contributed by atoms with E-state index in [4.69, 9.17) is 0 Å². The summed E-state index contributed by atoms with van der Waals surface area (Å²) < 4.78 is 1.83. The first-order valence-electron chi connectivity index (χ1n) is 5.81. The molecule has 0 amide bonds. The topological polar surface area (TPSA) is 61.8 Å². The molecule has 4 heteroatoms. The van der Waals surface area contributed by atoms with Gasteiger partial charge in [0.15, 0.2) is 5.82 Å². The van der Waals surface area contributed by atoms with Gasteiger partial charge in [0.05, 0.1) is 11.0 Å². The summed E-state index contributed by atoms with van der Waals surface area (Å²) in [5.41, 5.74) is 2.00. The number of aliphatic hydroxyl groups is 1. The summed E-state index contributed by atoms with van der Waals surface area (Å²) in [6.45, 7) is 3.69. The summed E-state index contributed by atoms with van der Waals surface area (Å²) in [6, 6.07) is 9.70. The lowest BCUT2D eigenvalue weighted by atomic mass is 10.1. The quantitative estimate of drug-likeness (QED) is 0.649. The van der Waals surface area contributed by atoms with E-state index in [9.17, 15) is 10.4 Å². The first-order chi connectivity index (χ1) is 8.56. The van der Waals surface area contributed by atoms with Crippen LogP contribution in [0, 0.1) is 17.2 Å². The fourth-order valence-corrected chi connectivity index (χ4v) is 1.88. The zero-order valence-electron chi connectivity index (χ0n) is 10.7. The van der Waals surface area contributed by atoms with Gasteiger partial charge in [-0.25, -0.2) is 4.98 Å². The van der Waals surface area contributed by atoms with E-state index in [1.54, 1.807) is 0 Å². The molecule has 1 aromatic carbocycles. The number of aryl methyl sites for hydroxylation is 1. The van der Waals surface area contributed by atoms with Crippen LogP contribution in [0.25, 0.3) is 16.6 Å². The van der Waals surface area contributed by atoms with E-state index in [1.807, 2.05) is 55.8 Å². The number of nitrogens with zero attached hydrogens (tertiary/aromatic N) is 3. The maximum atomic E-state index is 9.99. The number of imidazole rings is 1. The summed E-state index contributed by atoms with van der Waals surface area (Å²) in [5.74, 6) is 0.486. The van der Waals surface area contributed by atoms with Crippen molar-refractivity contribution in [3.63, 3.8) is 0 Å². The van der Waals surface area contributed by atoms with Crippen molar-refractivity contribution in [2.24, 2.45) is 13.0 Å². The van der Waals surface area contributed by atoms with Crippen LogP contribution in [-0.4, -0.2) is 14.7 Å². The second-order valence-electron chi connectivity index (χ2n) is 4.51. The highest BCUT2D eigenvalue weighted by Crippen LogP contribution is 2.24. The maximum absolute atomic E-state index is 9.99. The lowest BCUT2D eigenvalue weighted by molar-refractivity contribution is 0.355. The minimum absolute atomic E-state index is 0.0795. The molecule has 4 nitrogen and oxygen atoms in total. The fourth-order valence-electron chi connectivity index (χ4n) is 1.88. The van der Waals surface area contributed by atoms with E-state index < -0.39 is 0 Å². The highest BCUT2D eigenvalue weighted by Gasteiger charge is 2.17. The van der Waals surface area contributed by atoms with Crippen LogP contribution in [0.2, 0.25) is 0 Å². The van der Waals surface area contributed by atoms with Gasteiger partial charge < -0.3 is 9.67 Å². The molecule has 0 saturated carbocycles. The molecule has 0 radical (unpaired) electrons. The van der Waals surface area contributed by atoms with Crippen LogP contribution < -0.4 is 0 Å². The zero-order chi connectivity index (χ0) is 13.3. The van der Waals surface area contributed by atoms with Gasteiger partial charge in [0.25, 0.3) is 0 Å². The predicted octanol–water partition coefficient (Wildman–Crippen LogP) is 3.02. The van der Waals surface area contributed by atoms with E-state index in [1.165, 1.54) is 0 Å². The molecular weight excluding hydrogens is 226 g/mol. The molecule has 2 aromatic rings. The number of nitriles is 1. The molecule has 0 aliphatic rings. The van der Waals surface area contributed by atoms with Gasteiger partial charge in [-0.2, -0.15) is 5.26 Å². The molecule has 0 spiro atoms. The third-order valence-corrected chi connectivity index (χ3v) is 2.93. The zero-order valence-corrected chi connectivity index (χ0v) is 10.7. The third-order valence-electron chi connectivity index (χ3n) is 2.93. The van der Waals surface area contributed by atoms with Crippen LogP contribution >= 0.6 is 0 Å². The van der Waals surface area contributed by atoms with Crippen LogP contribution in [0.4, 0.5) is 0 Å². The van der Waals surface area contributed by atoms with Gasteiger partial charge in [-0.3, -0.25) is 0 Å². The summed E-state index contributed by atoms with van der Waals surface area (Å²) >= 11 is 0. The molecule has 0 saturated heterocycles. The van der Waals surface area contributed by atoms with Crippen LogP contribution in [-0.2, 0) is 7.05 Å². The Morgan fingerprint density at radius 3 is 2.61 bits per heavy atom. The Morgan fingerprint density at radius 1 is 1.39 bits per heavy atom. The first kappa shape index (κ1) is 12.2. The van der Waals surface area contributed by atoms with Crippen molar-refractivity contribution in [2.75, 3.05) is 0 Å². The normalized spacial score (nSPS) is 12.6.